The SMILES string of the molecule is O=S(=O)(Nc1cccc(-c2nn[nH]n2)c1)c1ccc(S(=O)(=O)c2ccccc2)s1. The molecule has 0 aliphatic carbocycles. The van der Waals surface area contributed by atoms with Crippen molar-refractivity contribution in [2.45, 2.75) is 13.3 Å². The molecule has 0 fully saturated rings. The lowest BCUT2D eigenvalue weighted by atomic mass is 10.2. The number of H-pyrrole nitrogens is 1. The quantitative estimate of drug-likeness (QED) is 0.464. The highest BCUT2D eigenvalue weighted by molar-refractivity contribution is 7.96. The molecule has 0 spiro atoms. The number of hydrogen-bond acceptors (Lipinski definition) is 8. The Bertz CT molecular complexity index is 1350. The van der Waals surface area contributed by atoms with Crippen LogP contribution in [0.2, 0.25) is 0 Å². The van der Waals surface area contributed by atoms with E-state index >= 15 is 0 Å². The molecule has 4 rings (SSSR count). The lowest BCUT2D eigenvalue weighted by molar-refractivity contribution is 0.597. The number of aromatic amines is 1. The number of benzene rings is 2. The van der Waals surface area contributed by atoms with Crippen LogP contribution in [0.5, 0.6) is 0 Å². The second-order valence-electron chi connectivity index (χ2n) is 5.81. The van der Waals surface area contributed by atoms with Gasteiger partial charge in [0.2, 0.25) is 15.7 Å². The molecule has 29 heavy (non-hydrogen) atoms. The minimum atomic E-state index is -3.98. The van der Waals surface area contributed by atoms with Crippen LogP contribution >= 0.6 is 11.3 Å². The summed E-state index contributed by atoms with van der Waals surface area (Å²) in [7, 11) is -7.77. The zero-order valence-corrected chi connectivity index (χ0v) is 17.0. The number of aromatic nitrogens is 4. The molecule has 0 radical (unpaired) electrons. The molecule has 2 heterocycles. The summed E-state index contributed by atoms with van der Waals surface area (Å²) >= 11 is 0.685. The van der Waals surface area contributed by atoms with Crippen molar-refractivity contribution >= 4 is 36.9 Å². The van der Waals surface area contributed by atoms with Crippen LogP contribution in [-0.2, 0) is 19.9 Å². The predicted octanol–water partition coefficient (Wildman–Crippen LogP) is 2.56. The highest BCUT2D eigenvalue weighted by atomic mass is 32.3. The third kappa shape index (κ3) is 3.90. The largest absolute Gasteiger partial charge is 0.279 e. The highest BCUT2D eigenvalue weighted by Crippen LogP contribution is 2.31. The van der Waals surface area contributed by atoms with Gasteiger partial charge in [0.25, 0.3) is 10.0 Å². The minimum Gasteiger partial charge on any atom is -0.279 e. The number of rotatable bonds is 6. The first kappa shape index (κ1) is 19.2. The summed E-state index contributed by atoms with van der Waals surface area (Å²) in [4.78, 5) is 0.103. The molecule has 0 unspecified atom stereocenters. The van der Waals surface area contributed by atoms with Gasteiger partial charge in [-0.3, -0.25) is 4.72 Å². The molecule has 0 saturated heterocycles. The van der Waals surface area contributed by atoms with Crippen LogP contribution in [0.25, 0.3) is 11.4 Å². The van der Waals surface area contributed by atoms with Gasteiger partial charge in [0.05, 0.1) is 4.90 Å². The van der Waals surface area contributed by atoms with Gasteiger partial charge in [-0.2, -0.15) is 5.21 Å². The summed E-state index contributed by atoms with van der Waals surface area (Å²) in [5, 5.41) is 13.5. The Labute approximate surface area is 170 Å². The van der Waals surface area contributed by atoms with E-state index in [1.807, 2.05) is 0 Å². The Morgan fingerprint density at radius 3 is 2.34 bits per heavy atom. The van der Waals surface area contributed by atoms with Crippen molar-refractivity contribution in [2.24, 2.45) is 0 Å². The second kappa shape index (κ2) is 7.39. The van der Waals surface area contributed by atoms with Crippen molar-refractivity contribution in [3.63, 3.8) is 0 Å². The molecule has 9 nitrogen and oxygen atoms in total. The number of nitrogens with one attached hydrogen (secondary N) is 2. The van der Waals surface area contributed by atoms with E-state index < -0.39 is 19.9 Å². The van der Waals surface area contributed by atoms with E-state index in [1.54, 1.807) is 42.5 Å². The highest BCUT2D eigenvalue weighted by Gasteiger charge is 2.24. The molecule has 0 bridgehead atoms. The van der Waals surface area contributed by atoms with Gasteiger partial charge in [0.15, 0.2) is 0 Å². The zero-order valence-electron chi connectivity index (χ0n) is 14.6. The molecule has 0 amide bonds. The molecule has 148 valence electrons. The number of anilines is 1. The first-order valence-electron chi connectivity index (χ1n) is 8.13. The number of thiophene rings is 1. The van der Waals surface area contributed by atoms with E-state index in [4.69, 9.17) is 0 Å². The number of sulfonamides is 1. The fourth-order valence-electron chi connectivity index (χ4n) is 2.52. The van der Waals surface area contributed by atoms with Gasteiger partial charge in [-0.1, -0.05) is 30.3 Å². The van der Waals surface area contributed by atoms with E-state index in [1.165, 1.54) is 24.3 Å². The summed E-state index contributed by atoms with van der Waals surface area (Å²) in [6, 6.07) is 16.9. The number of sulfone groups is 1. The smallest absolute Gasteiger partial charge is 0.271 e. The molecule has 2 aromatic carbocycles. The standard InChI is InChI=1S/C17H13N5O4S3/c23-28(24,14-7-2-1-3-8-14)15-9-10-16(27-15)29(25,26)20-13-6-4-5-12(11-13)17-18-21-22-19-17/h1-11,20H,(H,18,19,21,22). The van der Waals surface area contributed by atoms with Gasteiger partial charge in [-0.15, -0.1) is 21.5 Å². The van der Waals surface area contributed by atoms with Crippen molar-refractivity contribution in [3.05, 3.63) is 66.7 Å². The molecule has 0 atom stereocenters. The van der Waals surface area contributed by atoms with Crippen LogP contribution in [0.3, 0.4) is 0 Å². The molecular formula is C17H13N5O4S3. The molecule has 2 aromatic heterocycles. The van der Waals surface area contributed by atoms with E-state index in [-0.39, 0.29) is 19.0 Å². The molecule has 2 N–H and O–H groups in total. The van der Waals surface area contributed by atoms with Gasteiger partial charge in [-0.05, 0) is 41.6 Å². The Kier molecular flexibility index (Phi) is 4.90. The van der Waals surface area contributed by atoms with Crippen LogP contribution in [0.4, 0.5) is 5.69 Å². The van der Waals surface area contributed by atoms with Crippen LogP contribution < -0.4 is 4.72 Å². The second-order valence-corrected chi connectivity index (χ2v) is 11.0. The minimum absolute atomic E-state index is 0.0513. The van der Waals surface area contributed by atoms with Crippen molar-refractivity contribution < 1.29 is 16.8 Å². The zero-order chi connectivity index (χ0) is 20.5. The molecule has 0 aliphatic rings. The van der Waals surface area contributed by atoms with Crippen molar-refractivity contribution in [1.82, 2.24) is 20.6 Å². The Balaban J connectivity index is 1.62. The summed E-state index contributed by atoms with van der Waals surface area (Å²) in [5.41, 5.74) is 0.852. The van der Waals surface area contributed by atoms with Gasteiger partial charge in [0.1, 0.15) is 8.42 Å². The fraction of sp³-hybridized carbons (Fsp3) is 0. The molecule has 0 aliphatic heterocycles. The maximum absolute atomic E-state index is 12.7. The van der Waals surface area contributed by atoms with Crippen LogP contribution in [0, 0.1) is 0 Å². The Morgan fingerprint density at radius 2 is 1.62 bits per heavy atom. The first-order chi connectivity index (χ1) is 13.9. The van der Waals surface area contributed by atoms with E-state index in [2.05, 4.69) is 25.3 Å². The van der Waals surface area contributed by atoms with E-state index in [0.717, 1.165) is 0 Å². The van der Waals surface area contributed by atoms with Crippen LogP contribution in [-0.4, -0.2) is 37.5 Å². The summed E-state index contributed by atoms with van der Waals surface area (Å²) < 4.78 is 53.1. The van der Waals surface area contributed by atoms with Crippen LogP contribution in [0.15, 0.2) is 80.0 Å². The maximum Gasteiger partial charge on any atom is 0.271 e. The summed E-state index contributed by atoms with van der Waals surface area (Å²) in [6.07, 6.45) is 0. The van der Waals surface area contributed by atoms with E-state index in [9.17, 15) is 16.8 Å². The molecule has 12 heteroatoms. The van der Waals surface area contributed by atoms with Gasteiger partial charge >= 0.3 is 0 Å². The van der Waals surface area contributed by atoms with Crippen molar-refractivity contribution in [2.75, 3.05) is 4.72 Å². The topological polar surface area (TPSA) is 135 Å². The molecule has 4 aromatic rings. The monoisotopic (exact) mass is 447 g/mol. The lowest BCUT2D eigenvalue weighted by Gasteiger charge is -2.07. The summed E-state index contributed by atoms with van der Waals surface area (Å²) in [6.45, 7) is 0. The first-order valence-corrected chi connectivity index (χ1v) is 11.9. The van der Waals surface area contributed by atoms with Crippen LogP contribution in [0.1, 0.15) is 0 Å². The number of nitrogens with zero attached hydrogens (tertiary/aromatic N) is 3. The summed E-state index contributed by atoms with van der Waals surface area (Å²) in [5.74, 6) is 0.318. The van der Waals surface area contributed by atoms with Gasteiger partial charge in [-0.25, -0.2) is 16.8 Å². The lowest BCUT2D eigenvalue weighted by Crippen LogP contribution is -2.11. The molecule has 0 saturated carbocycles. The molecular weight excluding hydrogens is 434 g/mol. The van der Waals surface area contributed by atoms with Gasteiger partial charge in [0, 0.05) is 11.3 Å². The third-order valence-electron chi connectivity index (χ3n) is 3.86. The predicted molar refractivity (Wildman–Crippen MR) is 107 cm³/mol. The Morgan fingerprint density at radius 1 is 0.862 bits per heavy atom. The Hall–Kier alpha value is -3.09. The van der Waals surface area contributed by atoms with Crippen molar-refractivity contribution in [1.29, 1.82) is 0 Å². The average molecular weight is 448 g/mol. The van der Waals surface area contributed by atoms with Gasteiger partial charge < -0.3 is 0 Å². The third-order valence-corrected chi connectivity index (χ3v) is 9.08. The van der Waals surface area contributed by atoms with E-state index in [0.29, 0.717) is 22.7 Å². The average Bonchev–Trinajstić information content (AvgIpc) is 3.41. The maximum atomic E-state index is 12.7. The normalized spacial score (nSPS) is 12.0. The number of hydrogen-bond donors (Lipinski definition) is 2. The fourth-order valence-corrected chi connectivity index (χ4v) is 6.76. The number of tetrazole rings is 1. The van der Waals surface area contributed by atoms with Crippen molar-refractivity contribution in [3.8, 4) is 11.4 Å².